The van der Waals surface area contributed by atoms with Crippen LogP contribution in [0, 0.1) is 0 Å². The van der Waals surface area contributed by atoms with E-state index in [-0.39, 0.29) is 0 Å². The molecule has 0 aromatic heterocycles. The highest BCUT2D eigenvalue weighted by atomic mass is 15.1. The fraction of sp³-hybridized carbons (Fsp3) is 0.500. The predicted molar refractivity (Wildman–Crippen MR) is 72.4 cm³/mol. The fourth-order valence-electron chi connectivity index (χ4n) is 1.93. The lowest BCUT2D eigenvalue weighted by atomic mass is 10.1. The third-order valence-corrected chi connectivity index (χ3v) is 2.82. The molecule has 0 atom stereocenters. The maximum absolute atomic E-state index is 4.42. The number of nitrogens with zero attached hydrogens (tertiary/aromatic N) is 1. The lowest BCUT2D eigenvalue weighted by molar-refractivity contribution is 0.588. The van der Waals surface area contributed by atoms with E-state index in [0.717, 1.165) is 31.9 Å². The quantitative estimate of drug-likeness (QED) is 0.809. The number of benzene rings is 1. The van der Waals surface area contributed by atoms with Crippen LogP contribution in [0.2, 0.25) is 0 Å². The molecular weight excluding hydrogens is 210 g/mol. The van der Waals surface area contributed by atoms with Crippen molar-refractivity contribution in [3.8, 4) is 0 Å². The minimum atomic E-state index is 0.527. The molecule has 1 aliphatic heterocycles. The summed E-state index contributed by atoms with van der Waals surface area (Å²) in [7, 11) is 0. The van der Waals surface area contributed by atoms with Crippen molar-refractivity contribution in [3.63, 3.8) is 0 Å². The zero-order valence-corrected chi connectivity index (χ0v) is 10.7. The largest absolute Gasteiger partial charge is 0.372 e. The zero-order chi connectivity index (χ0) is 12.1. The molecule has 92 valence electrons. The van der Waals surface area contributed by atoms with Gasteiger partial charge in [0, 0.05) is 25.6 Å². The average Bonchev–Trinajstić information content (AvgIpc) is 2.80. The fourth-order valence-corrected chi connectivity index (χ4v) is 1.93. The van der Waals surface area contributed by atoms with Crippen molar-refractivity contribution in [1.82, 2.24) is 10.6 Å². The lowest BCUT2D eigenvalue weighted by Gasteiger charge is -2.09. The second-order valence-electron chi connectivity index (χ2n) is 4.79. The number of hydrogen-bond donors (Lipinski definition) is 2. The van der Waals surface area contributed by atoms with E-state index in [4.69, 9.17) is 0 Å². The van der Waals surface area contributed by atoms with Gasteiger partial charge in [-0.25, -0.2) is 0 Å². The molecule has 0 saturated carbocycles. The Labute approximate surface area is 103 Å². The van der Waals surface area contributed by atoms with E-state index in [0.29, 0.717) is 6.04 Å². The molecule has 0 unspecified atom stereocenters. The molecule has 2 rings (SSSR count). The van der Waals surface area contributed by atoms with E-state index in [1.165, 1.54) is 11.1 Å². The van der Waals surface area contributed by atoms with Crippen LogP contribution in [0.5, 0.6) is 0 Å². The Bertz CT molecular complexity index is 396. The van der Waals surface area contributed by atoms with Gasteiger partial charge in [-0.05, 0) is 11.1 Å². The first-order valence-electron chi connectivity index (χ1n) is 6.32. The molecule has 2 N–H and O–H groups in total. The highest BCUT2D eigenvalue weighted by molar-refractivity contribution is 5.85. The maximum Gasteiger partial charge on any atom is 0.101 e. The summed E-state index contributed by atoms with van der Waals surface area (Å²) in [5.41, 5.74) is 2.68. The highest BCUT2D eigenvalue weighted by Gasteiger charge is 2.06. The SMILES string of the molecule is CC(C)NCc1cccc(CC2=NCCN2)c1. The summed E-state index contributed by atoms with van der Waals surface area (Å²) in [4.78, 5) is 4.42. The van der Waals surface area contributed by atoms with Crippen LogP contribution in [0.3, 0.4) is 0 Å². The monoisotopic (exact) mass is 231 g/mol. The van der Waals surface area contributed by atoms with Gasteiger partial charge in [-0.15, -0.1) is 0 Å². The van der Waals surface area contributed by atoms with Crippen molar-refractivity contribution < 1.29 is 0 Å². The van der Waals surface area contributed by atoms with E-state index >= 15 is 0 Å². The van der Waals surface area contributed by atoms with Crippen LogP contribution in [-0.4, -0.2) is 25.0 Å². The van der Waals surface area contributed by atoms with Crippen LogP contribution in [-0.2, 0) is 13.0 Å². The number of nitrogens with one attached hydrogen (secondary N) is 2. The second-order valence-corrected chi connectivity index (χ2v) is 4.79. The van der Waals surface area contributed by atoms with Crippen molar-refractivity contribution in [1.29, 1.82) is 0 Å². The first-order chi connectivity index (χ1) is 8.24. The van der Waals surface area contributed by atoms with E-state index in [2.05, 4.69) is 53.7 Å². The second kappa shape index (κ2) is 5.82. The molecule has 0 radical (unpaired) electrons. The zero-order valence-electron chi connectivity index (χ0n) is 10.7. The summed E-state index contributed by atoms with van der Waals surface area (Å²) >= 11 is 0. The minimum Gasteiger partial charge on any atom is -0.372 e. The molecule has 1 aromatic carbocycles. The van der Waals surface area contributed by atoms with E-state index < -0.39 is 0 Å². The van der Waals surface area contributed by atoms with Crippen LogP contribution in [0.15, 0.2) is 29.3 Å². The van der Waals surface area contributed by atoms with Crippen LogP contribution in [0.1, 0.15) is 25.0 Å². The van der Waals surface area contributed by atoms with E-state index in [9.17, 15) is 0 Å². The number of amidine groups is 1. The van der Waals surface area contributed by atoms with Gasteiger partial charge in [0.1, 0.15) is 5.84 Å². The summed E-state index contributed by atoms with van der Waals surface area (Å²) in [6.45, 7) is 7.18. The first-order valence-corrected chi connectivity index (χ1v) is 6.32. The van der Waals surface area contributed by atoms with Gasteiger partial charge in [0.05, 0.1) is 6.54 Å². The van der Waals surface area contributed by atoms with Gasteiger partial charge in [0.15, 0.2) is 0 Å². The molecule has 1 aromatic rings. The number of hydrogen-bond acceptors (Lipinski definition) is 3. The van der Waals surface area contributed by atoms with Gasteiger partial charge in [-0.1, -0.05) is 38.1 Å². The summed E-state index contributed by atoms with van der Waals surface area (Å²) in [6.07, 6.45) is 0.926. The molecule has 0 spiro atoms. The van der Waals surface area contributed by atoms with Crippen molar-refractivity contribution in [3.05, 3.63) is 35.4 Å². The summed E-state index contributed by atoms with van der Waals surface area (Å²) < 4.78 is 0. The van der Waals surface area contributed by atoms with Crippen LogP contribution in [0.4, 0.5) is 0 Å². The Morgan fingerprint density at radius 1 is 1.35 bits per heavy atom. The Hall–Kier alpha value is -1.35. The molecule has 0 aliphatic carbocycles. The van der Waals surface area contributed by atoms with Gasteiger partial charge < -0.3 is 10.6 Å². The summed E-state index contributed by atoms with van der Waals surface area (Å²) in [6, 6.07) is 9.25. The van der Waals surface area contributed by atoms with Crippen LogP contribution >= 0.6 is 0 Å². The van der Waals surface area contributed by atoms with Gasteiger partial charge in [0.2, 0.25) is 0 Å². The summed E-state index contributed by atoms with van der Waals surface area (Å²) in [5, 5.41) is 6.75. The highest BCUT2D eigenvalue weighted by Crippen LogP contribution is 2.07. The van der Waals surface area contributed by atoms with Crippen molar-refractivity contribution in [2.45, 2.75) is 32.9 Å². The van der Waals surface area contributed by atoms with Crippen molar-refractivity contribution in [2.75, 3.05) is 13.1 Å². The molecule has 1 heterocycles. The molecular formula is C14H21N3. The standard InChI is InChI=1S/C14H21N3/c1-11(2)17-10-13-5-3-4-12(8-13)9-14-15-6-7-16-14/h3-5,8,11,17H,6-7,9-10H2,1-2H3,(H,15,16). The van der Waals surface area contributed by atoms with E-state index in [1.807, 2.05) is 0 Å². The molecule has 3 nitrogen and oxygen atoms in total. The molecule has 0 saturated heterocycles. The average molecular weight is 231 g/mol. The maximum atomic E-state index is 4.42. The molecule has 0 fully saturated rings. The molecule has 0 amide bonds. The third-order valence-electron chi connectivity index (χ3n) is 2.82. The lowest BCUT2D eigenvalue weighted by Crippen LogP contribution is -2.22. The van der Waals surface area contributed by atoms with Gasteiger partial charge in [0.25, 0.3) is 0 Å². The molecule has 3 heteroatoms. The van der Waals surface area contributed by atoms with Gasteiger partial charge in [-0.2, -0.15) is 0 Å². The Balaban J connectivity index is 1.96. The van der Waals surface area contributed by atoms with Gasteiger partial charge >= 0.3 is 0 Å². The first kappa shape index (κ1) is 12.1. The topological polar surface area (TPSA) is 36.4 Å². The van der Waals surface area contributed by atoms with Crippen molar-refractivity contribution in [2.24, 2.45) is 4.99 Å². The molecule has 1 aliphatic rings. The summed E-state index contributed by atoms with van der Waals surface area (Å²) in [5.74, 6) is 1.12. The number of rotatable bonds is 5. The Morgan fingerprint density at radius 3 is 2.88 bits per heavy atom. The predicted octanol–water partition coefficient (Wildman–Crippen LogP) is 1.73. The normalized spacial score (nSPS) is 14.9. The smallest absolute Gasteiger partial charge is 0.101 e. The molecule has 0 bridgehead atoms. The Kier molecular flexibility index (Phi) is 4.15. The van der Waals surface area contributed by atoms with Gasteiger partial charge in [-0.3, -0.25) is 4.99 Å². The molecule has 17 heavy (non-hydrogen) atoms. The van der Waals surface area contributed by atoms with Crippen LogP contribution < -0.4 is 10.6 Å². The van der Waals surface area contributed by atoms with E-state index in [1.54, 1.807) is 0 Å². The Morgan fingerprint density at radius 2 is 2.18 bits per heavy atom. The van der Waals surface area contributed by atoms with Crippen molar-refractivity contribution >= 4 is 5.84 Å². The third kappa shape index (κ3) is 3.86. The van der Waals surface area contributed by atoms with Crippen LogP contribution in [0.25, 0.3) is 0 Å². The number of aliphatic imine (C=N–C) groups is 1. The minimum absolute atomic E-state index is 0.527.